The quantitative estimate of drug-likeness (QED) is 0.293. The Hall–Kier alpha value is -4.29. The second-order valence-corrected chi connectivity index (χ2v) is 10.5. The number of hydrogen-bond acceptors (Lipinski definition) is 8. The fourth-order valence-electron chi connectivity index (χ4n) is 5.30. The summed E-state index contributed by atoms with van der Waals surface area (Å²) >= 11 is 0. The maximum Gasteiger partial charge on any atom is 0.434 e. The predicted octanol–water partition coefficient (Wildman–Crippen LogP) is 5.22. The molecule has 0 amide bonds. The molecule has 1 saturated carbocycles. The first kappa shape index (κ1) is 26.9. The fraction of sp³-hybridized carbons (Fsp3) is 0.393. The van der Waals surface area contributed by atoms with Crippen molar-refractivity contribution in [2.75, 3.05) is 30.5 Å². The van der Waals surface area contributed by atoms with Gasteiger partial charge in [-0.1, -0.05) is 6.07 Å². The molecule has 2 aliphatic rings. The third-order valence-corrected chi connectivity index (χ3v) is 7.52. The average molecular weight is 569 g/mol. The normalized spacial score (nSPS) is 17.1. The van der Waals surface area contributed by atoms with Crippen molar-refractivity contribution in [3.63, 3.8) is 0 Å². The summed E-state index contributed by atoms with van der Waals surface area (Å²) in [6.07, 6.45) is 1.55. The second-order valence-electron chi connectivity index (χ2n) is 10.5. The number of halogens is 4. The Balaban J connectivity index is 1.36. The van der Waals surface area contributed by atoms with Gasteiger partial charge in [-0.05, 0) is 37.5 Å². The van der Waals surface area contributed by atoms with Gasteiger partial charge in [-0.2, -0.15) is 13.2 Å². The van der Waals surface area contributed by atoms with Crippen LogP contribution >= 0.6 is 0 Å². The van der Waals surface area contributed by atoms with Gasteiger partial charge in [0.25, 0.3) is 0 Å². The molecule has 1 fully saturated rings. The van der Waals surface area contributed by atoms with Gasteiger partial charge < -0.3 is 19.1 Å². The molecule has 9 nitrogen and oxygen atoms in total. The molecule has 41 heavy (non-hydrogen) atoms. The summed E-state index contributed by atoms with van der Waals surface area (Å²) in [6.45, 7) is 3.07. The number of aromatic nitrogens is 6. The van der Waals surface area contributed by atoms with Crippen LogP contribution in [0.25, 0.3) is 22.8 Å². The Morgan fingerprint density at radius 3 is 2.51 bits per heavy atom. The molecule has 3 aromatic heterocycles. The number of benzene rings is 1. The lowest BCUT2D eigenvalue weighted by atomic mass is 10.1. The minimum absolute atomic E-state index is 0.00744. The summed E-state index contributed by atoms with van der Waals surface area (Å²) in [5, 5.41) is 0. The molecule has 0 N–H and O–H groups in total. The molecular formula is C28H28F4N8O. The van der Waals surface area contributed by atoms with Crippen LogP contribution in [0.15, 0.2) is 36.9 Å². The number of alkyl halides is 3. The highest BCUT2D eigenvalue weighted by atomic mass is 19.4. The van der Waals surface area contributed by atoms with Gasteiger partial charge in [0.2, 0.25) is 5.88 Å². The zero-order chi connectivity index (χ0) is 29.1. The van der Waals surface area contributed by atoms with Gasteiger partial charge in [0.15, 0.2) is 17.3 Å². The summed E-state index contributed by atoms with van der Waals surface area (Å²) < 4.78 is 61.5. The molecule has 0 bridgehead atoms. The van der Waals surface area contributed by atoms with Crippen LogP contribution < -0.4 is 14.5 Å². The van der Waals surface area contributed by atoms with Crippen LogP contribution in [-0.2, 0) is 19.8 Å². The number of rotatable bonds is 6. The first-order chi connectivity index (χ1) is 19.5. The van der Waals surface area contributed by atoms with Crippen LogP contribution in [0.5, 0.6) is 5.88 Å². The van der Waals surface area contributed by atoms with Crippen LogP contribution in [0, 0.1) is 5.82 Å². The molecule has 1 aromatic carbocycles. The number of ether oxygens (including phenoxy) is 1. The van der Waals surface area contributed by atoms with Gasteiger partial charge in [-0.15, -0.1) is 0 Å². The predicted molar refractivity (Wildman–Crippen MR) is 144 cm³/mol. The fourth-order valence-corrected chi connectivity index (χ4v) is 5.30. The van der Waals surface area contributed by atoms with Crippen LogP contribution in [0.3, 0.4) is 0 Å². The highest BCUT2D eigenvalue weighted by Crippen LogP contribution is 2.45. The van der Waals surface area contributed by atoms with Crippen molar-refractivity contribution in [3.8, 4) is 28.7 Å². The van der Waals surface area contributed by atoms with Crippen molar-refractivity contribution >= 4 is 11.5 Å². The van der Waals surface area contributed by atoms with Gasteiger partial charge in [-0.3, -0.25) is 0 Å². The van der Waals surface area contributed by atoms with Gasteiger partial charge >= 0.3 is 6.18 Å². The molecule has 1 atom stereocenters. The topological polar surface area (TPSA) is 85.1 Å². The number of anilines is 2. The Morgan fingerprint density at radius 2 is 1.85 bits per heavy atom. The van der Waals surface area contributed by atoms with Gasteiger partial charge in [0, 0.05) is 45.3 Å². The Bertz CT molecular complexity index is 1620. The number of imidazole rings is 1. The number of methoxy groups -OCH3 is 1. The number of hydrogen-bond donors (Lipinski definition) is 0. The monoisotopic (exact) mass is 568 g/mol. The highest BCUT2D eigenvalue weighted by molar-refractivity contribution is 5.74. The summed E-state index contributed by atoms with van der Waals surface area (Å²) in [7, 11) is 4.93. The molecule has 13 heteroatoms. The van der Waals surface area contributed by atoms with Gasteiger partial charge in [0.1, 0.15) is 23.5 Å². The van der Waals surface area contributed by atoms with Crippen molar-refractivity contribution in [2.45, 2.75) is 44.4 Å². The molecule has 0 radical (unpaired) electrons. The van der Waals surface area contributed by atoms with E-state index in [2.05, 4.69) is 36.7 Å². The molecular weight excluding hydrogens is 540 g/mol. The SMILES string of the molecule is COc1ncnc(C2CC2)c1-c1ncc2c(n1)N(Cc1ccc(-c3nc(C(F)(F)F)cn3C)c(F)c1)C(C)CN2C. The lowest BCUT2D eigenvalue weighted by Gasteiger charge is -2.40. The van der Waals surface area contributed by atoms with Crippen LogP contribution in [-0.4, -0.2) is 56.2 Å². The maximum atomic E-state index is 15.3. The third-order valence-electron chi connectivity index (χ3n) is 7.52. The number of likely N-dealkylation sites (N-methyl/N-ethyl adjacent to an activating group) is 1. The lowest BCUT2D eigenvalue weighted by Crippen LogP contribution is -2.46. The van der Waals surface area contributed by atoms with E-state index in [4.69, 9.17) is 9.72 Å². The van der Waals surface area contributed by atoms with E-state index < -0.39 is 17.7 Å². The molecule has 4 heterocycles. The zero-order valence-electron chi connectivity index (χ0n) is 22.9. The first-order valence-electron chi connectivity index (χ1n) is 13.2. The van der Waals surface area contributed by atoms with Crippen molar-refractivity contribution in [1.82, 2.24) is 29.5 Å². The second kappa shape index (κ2) is 9.96. The summed E-state index contributed by atoms with van der Waals surface area (Å²) in [5.41, 5.74) is 1.92. The van der Waals surface area contributed by atoms with Crippen molar-refractivity contribution in [2.24, 2.45) is 7.05 Å². The van der Waals surface area contributed by atoms with E-state index in [1.54, 1.807) is 19.4 Å². The van der Waals surface area contributed by atoms with E-state index in [-0.39, 0.29) is 17.4 Å². The van der Waals surface area contributed by atoms with Gasteiger partial charge in [-0.25, -0.2) is 29.3 Å². The first-order valence-corrected chi connectivity index (χ1v) is 13.2. The van der Waals surface area contributed by atoms with E-state index in [1.807, 2.05) is 7.05 Å². The highest BCUT2D eigenvalue weighted by Gasteiger charge is 2.36. The van der Waals surface area contributed by atoms with E-state index in [1.165, 1.54) is 30.1 Å². The van der Waals surface area contributed by atoms with E-state index >= 15 is 4.39 Å². The van der Waals surface area contributed by atoms with Crippen LogP contribution in [0.2, 0.25) is 0 Å². The smallest absolute Gasteiger partial charge is 0.434 e. The third kappa shape index (κ3) is 4.93. The summed E-state index contributed by atoms with van der Waals surface area (Å²) in [5.74, 6) is 1.09. The standard InChI is InChI=1S/C28H28F4N8O/c1-15-11-38(2)20-10-33-24(22-23(17-6-7-17)34-14-35-27(22)41-4)37-26(20)40(15)12-16-5-8-18(19(29)9-16)25-36-21(13-39(25)3)28(30,31)32/h5,8-10,13-15,17H,6-7,11-12H2,1-4H3. The Morgan fingerprint density at radius 1 is 1.07 bits per heavy atom. The van der Waals surface area contributed by atoms with Crippen LogP contribution in [0.1, 0.15) is 42.6 Å². The number of aryl methyl sites for hydroxylation is 1. The van der Waals surface area contributed by atoms with E-state index in [0.717, 1.165) is 30.4 Å². The molecule has 0 saturated heterocycles. The summed E-state index contributed by atoms with van der Waals surface area (Å²) in [4.78, 5) is 26.2. The van der Waals surface area contributed by atoms with Crippen molar-refractivity contribution in [1.29, 1.82) is 0 Å². The lowest BCUT2D eigenvalue weighted by molar-refractivity contribution is -0.140. The molecule has 6 rings (SSSR count). The molecule has 1 aliphatic carbocycles. The van der Waals surface area contributed by atoms with E-state index in [9.17, 15) is 13.2 Å². The largest absolute Gasteiger partial charge is 0.480 e. The molecule has 0 spiro atoms. The molecule has 214 valence electrons. The maximum absolute atomic E-state index is 15.3. The van der Waals surface area contributed by atoms with Crippen LogP contribution in [0.4, 0.5) is 29.1 Å². The number of nitrogens with zero attached hydrogens (tertiary/aromatic N) is 8. The Labute approximate surface area is 233 Å². The summed E-state index contributed by atoms with van der Waals surface area (Å²) in [6, 6.07) is 4.52. The number of fused-ring (bicyclic) bond motifs is 1. The molecule has 1 unspecified atom stereocenters. The minimum atomic E-state index is -4.62. The average Bonchev–Trinajstić information content (AvgIpc) is 3.71. The van der Waals surface area contributed by atoms with Crippen molar-refractivity contribution < 1.29 is 22.3 Å². The molecule has 4 aromatic rings. The minimum Gasteiger partial charge on any atom is -0.480 e. The van der Waals surface area contributed by atoms with Gasteiger partial charge in [0.05, 0.1) is 30.3 Å². The zero-order valence-corrected chi connectivity index (χ0v) is 22.9. The molecule has 1 aliphatic heterocycles. The Kier molecular flexibility index (Phi) is 6.54. The van der Waals surface area contributed by atoms with Crippen molar-refractivity contribution in [3.05, 3.63) is 59.7 Å². The van der Waals surface area contributed by atoms with E-state index in [0.29, 0.717) is 47.7 Å².